The van der Waals surface area contributed by atoms with Crippen LogP contribution in [0.4, 0.5) is 0 Å². The van der Waals surface area contributed by atoms with Gasteiger partial charge in [0.15, 0.2) is 16.7 Å². The van der Waals surface area contributed by atoms with Crippen molar-refractivity contribution in [2.24, 2.45) is 4.99 Å². The quantitative estimate of drug-likeness (QED) is 0.427. The van der Waals surface area contributed by atoms with E-state index in [1.165, 1.54) is 0 Å². The molecule has 0 bridgehead atoms. The normalized spacial score (nSPS) is 15.4. The Morgan fingerprint density at radius 1 is 1.03 bits per heavy atom. The van der Waals surface area contributed by atoms with Crippen LogP contribution < -0.4 is 14.8 Å². The molecule has 2 amide bonds. The van der Waals surface area contributed by atoms with Gasteiger partial charge >= 0.3 is 0 Å². The summed E-state index contributed by atoms with van der Waals surface area (Å²) in [5.41, 5.74) is 2.20. The smallest absolute Gasteiger partial charge is 0.279 e. The molecule has 0 saturated carbocycles. The average molecular weight is 493 g/mol. The second-order valence-electron chi connectivity index (χ2n) is 7.21. The number of halogens is 1. The first-order valence-electron chi connectivity index (χ1n) is 10.5. The maximum absolute atomic E-state index is 12.4. The van der Waals surface area contributed by atoms with Gasteiger partial charge in [0.1, 0.15) is 6.61 Å². The number of carbonyl (C=O) groups is 2. The monoisotopic (exact) mass is 492 g/mol. The molecule has 1 fully saturated rings. The summed E-state index contributed by atoms with van der Waals surface area (Å²) in [4.78, 5) is 29.2. The van der Waals surface area contributed by atoms with Gasteiger partial charge in [-0.15, -0.1) is 0 Å². The number of ether oxygens (including phenoxy) is 2. The van der Waals surface area contributed by atoms with Gasteiger partial charge in [-0.1, -0.05) is 48.0 Å². The third-order valence-corrected chi connectivity index (χ3v) is 5.91. The predicted molar refractivity (Wildman–Crippen MR) is 135 cm³/mol. The van der Waals surface area contributed by atoms with E-state index in [1.807, 2.05) is 55.5 Å². The molecule has 4 rings (SSSR count). The molecule has 8 heteroatoms. The molecule has 1 heterocycles. The van der Waals surface area contributed by atoms with Gasteiger partial charge < -0.3 is 14.8 Å². The van der Waals surface area contributed by atoms with Gasteiger partial charge in [0.05, 0.1) is 11.5 Å². The van der Waals surface area contributed by atoms with Crippen molar-refractivity contribution >= 4 is 46.4 Å². The number of nitrogens with one attached hydrogen (secondary N) is 1. The van der Waals surface area contributed by atoms with Gasteiger partial charge in [-0.3, -0.25) is 9.59 Å². The topological polar surface area (TPSA) is 77.0 Å². The zero-order valence-electron chi connectivity index (χ0n) is 18.3. The van der Waals surface area contributed by atoms with Crippen molar-refractivity contribution in [3.8, 4) is 11.5 Å². The zero-order valence-corrected chi connectivity index (χ0v) is 19.9. The van der Waals surface area contributed by atoms with E-state index in [2.05, 4.69) is 10.3 Å². The van der Waals surface area contributed by atoms with Crippen LogP contribution in [0.5, 0.6) is 11.5 Å². The lowest BCUT2D eigenvalue weighted by Gasteiger charge is -2.13. The van der Waals surface area contributed by atoms with E-state index in [-0.39, 0.29) is 11.1 Å². The number of carbonyl (C=O) groups excluding carboxylic acids is 2. The minimum atomic E-state index is -0.459. The first-order chi connectivity index (χ1) is 16.5. The highest BCUT2D eigenvalue weighted by atomic mass is 35.5. The molecule has 0 atom stereocenters. The van der Waals surface area contributed by atoms with Gasteiger partial charge in [0.25, 0.3) is 11.8 Å². The van der Waals surface area contributed by atoms with E-state index in [4.69, 9.17) is 21.1 Å². The summed E-state index contributed by atoms with van der Waals surface area (Å²) < 4.78 is 11.7. The Morgan fingerprint density at radius 3 is 2.53 bits per heavy atom. The molecule has 3 aromatic carbocycles. The Labute approximate surface area is 206 Å². The van der Waals surface area contributed by atoms with E-state index < -0.39 is 5.91 Å². The highest BCUT2D eigenvalue weighted by Gasteiger charge is 2.25. The van der Waals surface area contributed by atoms with Crippen LogP contribution in [0.25, 0.3) is 6.08 Å². The first-order valence-corrected chi connectivity index (χ1v) is 11.7. The Morgan fingerprint density at radius 2 is 1.79 bits per heavy atom. The van der Waals surface area contributed by atoms with E-state index in [1.54, 1.807) is 30.3 Å². The summed E-state index contributed by atoms with van der Waals surface area (Å²) in [7, 11) is 0. The number of amidine groups is 1. The fourth-order valence-electron chi connectivity index (χ4n) is 3.12. The van der Waals surface area contributed by atoms with Crippen molar-refractivity contribution in [1.82, 2.24) is 5.32 Å². The number of amides is 2. The average Bonchev–Trinajstić information content (AvgIpc) is 3.18. The fraction of sp³-hybridized carbons (Fsp3) is 0.115. The summed E-state index contributed by atoms with van der Waals surface area (Å²) in [6.07, 6.45) is 1.72. The third-order valence-electron chi connectivity index (χ3n) is 4.75. The summed E-state index contributed by atoms with van der Waals surface area (Å²) in [6, 6.07) is 21.7. The Kier molecular flexibility index (Phi) is 7.67. The summed E-state index contributed by atoms with van der Waals surface area (Å²) >= 11 is 6.96. The summed E-state index contributed by atoms with van der Waals surface area (Å²) in [5.74, 6) is 0.421. The van der Waals surface area contributed by atoms with Gasteiger partial charge in [-0.05, 0) is 72.3 Å². The van der Waals surface area contributed by atoms with Crippen LogP contribution in [0.2, 0.25) is 5.02 Å². The first kappa shape index (κ1) is 23.6. The lowest BCUT2D eigenvalue weighted by Crippen LogP contribution is -2.20. The molecule has 34 heavy (non-hydrogen) atoms. The molecule has 172 valence electrons. The SMILES string of the molecule is CCOc1cc(/C=C2\SC(=NC(=O)c3ccc(Cl)cc3)NC2=O)ccc1OCc1ccccc1. The molecule has 1 saturated heterocycles. The van der Waals surface area contributed by atoms with Crippen LogP contribution in [0.3, 0.4) is 0 Å². The van der Waals surface area contributed by atoms with Crippen LogP contribution in [0.15, 0.2) is 82.7 Å². The van der Waals surface area contributed by atoms with Crippen LogP contribution in [0.1, 0.15) is 28.4 Å². The van der Waals surface area contributed by atoms with Crippen LogP contribution >= 0.6 is 23.4 Å². The van der Waals surface area contributed by atoms with Crippen molar-refractivity contribution < 1.29 is 19.1 Å². The molecule has 6 nitrogen and oxygen atoms in total. The lowest BCUT2D eigenvalue weighted by atomic mass is 10.2. The summed E-state index contributed by atoms with van der Waals surface area (Å²) in [6.45, 7) is 2.79. The number of rotatable bonds is 7. The largest absolute Gasteiger partial charge is 0.490 e. The van der Waals surface area contributed by atoms with Crippen LogP contribution in [0, 0.1) is 0 Å². The molecule has 0 spiro atoms. The van der Waals surface area contributed by atoms with Crippen molar-refractivity contribution in [3.63, 3.8) is 0 Å². The Bertz CT molecular complexity index is 1260. The maximum Gasteiger partial charge on any atom is 0.279 e. The fourth-order valence-corrected chi connectivity index (χ4v) is 4.06. The molecule has 3 aromatic rings. The molecule has 0 aromatic heterocycles. The van der Waals surface area contributed by atoms with Gasteiger partial charge in [-0.2, -0.15) is 4.99 Å². The number of aliphatic imine (C=N–C) groups is 1. The van der Waals surface area contributed by atoms with Gasteiger partial charge in [0.2, 0.25) is 0 Å². The standard InChI is InChI=1S/C26H21ClN2O4S/c1-2-32-22-14-18(8-13-21(22)33-16-17-6-4-3-5-7-17)15-23-25(31)29-26(34-23)28-24(30)19-9-11-20(27)12-10-19/h3-15H,2,16H2,1H3,(H,28,29,30,31)/b23-15-. The van der Waals surface area contributed by atoms with Crippen molar-refractivity contribution in [3.05, 3.63) is 99.4 Å². The molecule has 1 N–H and O–H groups in total. The number of hydrogen-bond donors (Lipinski definition) is 1. The molecule has 0 aliphatic carbocycles. The van der Waals surface area contributed by atoms with Crippen LogP contribution in [-0.2, 0) is 11.4 Å². The van der Waals surface area contributed by atoms with E-state index in [0.717, 1.165) is 22.9 Å². The van der Waals surface area contributed by atoms with Crippen LogP contribution in [-0.4, -0.2) is 23.6 Å². The molecule has 0 radical (unpaired) electrons. The number of hydrogen-bond acceptors (Lipinski definition) is 5. The Hall–Kier alpha value is -3.55. The van der Waals surface area contributed by atoms with E-state index >= 15 is 0 Å². The van der Waals surface area contributed by atoms with Crippen molar-refractivity contribution in [1.29, 1.82) is 0 Å². The lowest BCUT2D eigenvalue weighted by molar-refractivity contribution is -0.115. The minimum Gasteiger partial charge on any atom is -0.490 e. The second-order valence-corrected chi connectivity index (χ2v) is 8.67. The second kappa shape index (κ2) is 11.0. The molecule has 1 aliphatic heterocycles. The van der Waals surface area contributed by atoms with E-state index in [9.17, 15) is 9.59 Å². The van der Waals surface area contributed by atoms with Crippen molar-refractivity contribution in [2.75, 3.05) is 6.61 Å². The minimum absolute atomic E-state index is 0.226. The molecular formula is C26H21ClN2O4S. The summed E-state index contributed by atoms with van der Waals surface area (Å²) in [5, 5.41) is 3.38. The molecule has 0 unspecified atom stereocenters. The van der Waals surface area contributed by atoms with Crippen molar-refractivity contribution in [2.45, 2.75) is 13.5 Å². The molecule has 1 aliphatic rings. The molecular weight excluding hydrogens is 472 g/mol. The maximum atomic E-state index is 12.4. The number of thioether (sulfide) groups is 1. The number of benzene rings is 3. The zero-order chi connectivity index (χ0) is 23.9. The van der Waals surface area contributed by atoms with Gasteiger partial charge in [0, 0.05) is 10.6 Å². The highest BCUT2D eigenvalue weighted by Crippen LogP contribution is 2.32. The third kappa shape index (κ3) is 6.07. The Balaban J connectivity index is 1.49. The predicted octanol–water partition coefficient (Wildman–Crippen LogP) is 5.72. The highest BCUT2D eigenvalue weighted by molar-refractivity contribution is 8.18. The van der Waals surface area contributed by atoms with Gasteiger partial charge in [-0.25, -0.2) is 0 Å². The van der Waals surface area contributed by atoms with E-state index in [0.29, 0.717) is 40.2 Å². The number of nitrogens with zero attached hydrogens (tertiary/aromatic N) is 1.